The van der Waals surface area contributed by atoms with Crippen molar-refractivity contribution in [1.82, 2.24) is 4.90 Å². The highest BCUT2D eigenvalue weighted by atomic mass is 16.6. The van der Waals surface area contributed by atoms with Crippen molar-refractivity contribution in [2.45, 2.75) is 13.0 Å². The van der Waals surface area contributed by atoms with E-state index in [1.807, 2.05) is 12.1 Å². The van der Waals surface area contributed by atoms with E-state index >= 15 is 0 Å². The molecule has 1 heterocycles. The van der Waals surface area contributed by atoms with Gasteiger partial charge in [-0.05, 0) is 20.0 Å². The van der Waals surface area contributed by atoms with E-state index in [0.29, 0.717) is 6.04 Å². The molecular formula is C12H17N3O2. The summed E-state index contributed by atoms with van der Waals surface area (Å²) in [7, 11) is 2.08. The van der Waals surface area contributed by atoms with Crippen LogP contribution in [0.25, 0.3) is 0 Å². The Hall–Kier alpha value is -1.62. The molecule has 1 atom stereocenters. The third-order valence-electron chi connectivity index (χ3n) is 3.38. The molecule has 0 saturated carbocycles. The van der Waals surface area contributed by atoms with Gasteiger partial charge < -0.3 is 9.80 Å². The second-order valence-corrected chi connectivity index (χ2v) is 4.52. The van der Waals surface area contributed by atoms with Crippen LogP contribution < -0.4 is 4.90 Å². The number of piperazine rings is 1. The molecule has 5 heteroatoms. The Bertz CT molecular complexity index is 422. The second kappa shape index (κ2) is 4.71. The smallest absolute Gasteiger partial charge is 0.292 e. The number of rotatable bonds is 2. The van der Waals surface area contributed by atoms with E-state index in [9.17, 15) is 10.1 Å². The largest absolute Gasteiger partial charge is 0.363 e. The van der Waals surface area contributed by atoms with Gasteiger partial charge in [-0.15, -0.1) is 0 Å². The molecule has 92 valence electrons. The molecule has 0 bridgehead atoms. The molecule has 0 radical (unpaired) electrons. The average molecular weight is 235 g/mol. The lowest BCUT2D eigenvalue weighted by Crippen LogP contribution is -2.50. The summed E-state index contributed by atoms with van der Waals surface area (Å²) in [6.45, 7) is 4.75. The fourth-order valence-electron chi connectivity index (χ4n) is 2.15. The lowest BCUT2D eigenvalue weighted by molar-refractivity contribution is -0.384. The first-order valence-electron chi connectivity index (χ1n) is 5.78. The van der Waals surface area contributed by atoms with E-state index in [2.05, 4.69) is 23.8 Å². The summed E-state index contributed by atoms with van der Waals surface area (Å²) >= 11 is 0. The molecule has 0 aromatic heterocycles. The standard InChI is InChI=1S/C12H17N3O2/c1-10-9-14(8-7-13(10)2)11-5-3-4-6-12(11)15(16)17/h3-6,10H,7-9H2,1-2H3. The number of nitro groups is 1. The Labute approximate surface area is 101 Å². The van der Waals surface area contributed by atoms with E-state index in [-0.39, 0.29) is 10.6 Å². The number of nitro benzene ring substituents is 1. The average Bonchev–Trinajstić information content (AvgIpc) is 2.32. The van der Waals surface area contributed by atoms with E-state index in [1.54, 1.807) is 12.1 Å². The molecule has 5 nitrogen and oxygen atoms in total. The van der Waals surface area contributed by atoms with Crippen molar-refractivity contribution in [3.8, 4) is 0 Å². The molecule has 1 aromatic rings. The molecule has 0 aliphatic carbocycles. The Kier molecular flexibility index (Phi) is 3.28. The minimum atomic E-state index is -0.307. The summed E-state index contributed by atoms with van der Waals surface area (Å²) < 4.78 is 0. The molecule has 0 N–H and O–H groups in total. The highest BCUT2D eigenvalue weighted by molar-refractivity contribution is 5.63. The molecule has 0 amide bonds. The van der Waals surface area contributed by atoms with Crippen LogP contribution in [0, 0.1) is 10.1 Å². The fraction of sp³-hybridized carbons (Fsp3) is 0.500. The van der Waals surface area contributed by atoms with E-state index in [4.69, 9.17) is 0 Å². The van der Waals surface area contributed by atoms with Gasteiger partial charge in [0.25, 0.3) is 5.69 Å². The molecule has 1 fully saturated rings. The highest BCUT2D eigenvalue weighted by Crippen LogP contribution is 2.28. The summed E-state index contributed by atoms with van der Waals surface area (Å²) in [4.78, 5) is 15.0. The summed E-state index contributed by atoms with van der Waals surface area (Å²) in [6.07, 6.45) is 0. The van der Waals surface area contributed by atoms with Gasteiger partial charge in [0.2, 0.25) is 0 Å². The van der Waals surface area contributed by atoms with Crippen molar-refractivity contribution in [1.29, 1.82) is 0 Å². The predicted molar refractivity (Wildman–Crippen MR) is 67.4 cm³/mol. The van der Waals surface area contributed by atoms with Crippen molar-refractivity contribution in [3.05, 3.63) is 34.4 Å². The van der Waals surface area contributed by atoms with Crippen molar-refractivity contribution in [2.24, 2.45) is 0 Å². The number of hydrogen-bond acceptors (Lipinski definition) is 4. The van der Waals surface area contributed by atoms with Crippen LogP contribution in [0.5, 0.6) is 0 Å². The third-order valence-corrected chi connectivity index (χ3v) is 3.38. The van der Waals surface area contributed by atoms with Gasteiger partial charge in [0.05, 0.1) is 4.92 Å². The van der Waals surface area contributed by atoms with Crippen LogP contribution in [0.1, 0.15) is 6.92 Å². The molecule has 0 spiro atoms. The van der Waals surface area contributed by atoms with Crippen LogP contribution in [0.4, 0.5) is 11.4 Å². The lowest BCUT2D eigenvalue weighted by Gasteiger charge is -2.38. The molecule has 1 saturated heterocycles. The molecular weight excluding hydrogens is 218 g/mol. The minimum absolute atomic E-state index is 0.198. The Balaban J connectivity index is 2.25. The zero-order valence-electron chi connectivity index (χ0n) is 10.2. The van der Waals surface area contributed by atoms with Crippen molar-refractivity contribution < 1.29 is 4.92 Å². The maximum absolute atomic E-state index is 11.0. The van der Waals surface area contributed by atoms with Gasteiger partial charge in [-0.3, -0.25) is 10.1 Å². The Morgan fingerprint density at radius 2 is 2.06 bits per heavy atom. The second-order valence-electron chi connectivity index (χ2n) is 4.52. The zero-order chi connectivity index (χ0) is 12.4. The maximum Gasteiger partial charge on any atom is 0.292 e. The summed E-state index contributed by atoms with van der Waals surface area (Å²) in [5.41, 5.74) is 0.932. The van der Waals surface area contributed by atoms with Crippen molar-refractivity contribution in [2.75, 3.05) is 31.6 Å². The molecule has 2 rings (SSSR count). The van der Waals surface area contributed by atoms with Crippen LogP contribution >= 0.6 is 0 Å². The fourth-order valence-corrected chi connectivity index (χ4v) is 2.15. The van der Waals surface area contributed by atoms with Gasteiger partial charge in [0.1, 0.15) is 5.69 Å². The Morgan fingerprint density at radius 3 is 2.71 bits per heavy atom. The van der Waals surface area contributed by atoms with Crippen LogP contribution in [0.3, 0.4) is 0 Å². The number of hydrogen-bond donors (Lipinski definition) is 0. The van der Waals surface area contributed by atoms with Gasteiger partial charge in [0.15, 0.2) is 0 Å². The first kappa shape index (κ1) is 11.9. The van der Waals surface area contributed by atoms with E-state index in [0.717, 1.165) is 25.3 Å². The maximum atomic E-state index is 11.0. The molecule has 1 aliphatic heterocycles. The van der Waals surface area contributed by atoms with Crippen LogP contribution in [0.15, 0.2) is 24.3 Å². The van der Waals surface area contributed by atoms with Gasteiger partial charge in [0, 0.05) is 31.7 Å². The lowest BCUT2D eigenvalue weighted by atomic mass is 10.1. The first-order valence-corrected chi connectivity index (χ1v) is 5.78. The van der Waals surface area contributed by atoms with E-state index in [1.165, 1.54) is 0 Å². The highest BCUT2D eigenvalue weighted by Gasteiger charge is 2.25. The molecule has 1 unspecified atom stereocenters. The number of likely N-dealkylation sites (N-methyl/N-ethyl adjacent to an activating group) is 1. The predicted octanol–water partition coefficient (Wildman–Crippen LogP) is 1.74. The van der Waals surface area contributed by atoms with Gasteiger partial charge >= 0.3 is 0 Å². The number of nitrogens with zero attached hydrogens (tertiary/aromatic N) is 3. The Morgan fingerprint density at radius 1 is 1.35 bits per heavy atom. The number of benzene rings is 1. The van der Waals surface area contributed by atoms with Crippen molar-refractivity contribution >= 4 is 11.4 Å². The molecule has 1 aliphatic rings. The first-order chi connectivity index (χ1) is 8.09. The normalized spacial score (nSPS) is 21.5. The minimum Gasteiger partial charge on any atom is -0.363 e. The van der Waals surface area contributed by atoms with Crippen LogP contribution in [-0.2, 0) is 0 Å². The number of para-hydroxylation sites is 2. The summed E-state index contributed by atoms with van der Waals surface area (Å²) in [5, 5.41) is 11.0. The summed E-state index contributed by atoms with van der Waals surface area (Å²) in [5.74, 6) is 0. The van der Waals surface area contributed by atoms with Gasteiger partial charge in [-0.25, -0.2) is 0 Å². The van der Waals surface area contributed by atoms with Crippen LogP contribution in [0.2, 0.25) is 0 Å². The molecule has 1 aromatic carbocycles. The van der Waals surface area contributed by atoms with Gasteiger partial charge in [-0.2, -0.15) is 0 Å². The van der Waals surface area contributed by atoms with Crippen molar-refractivity contribution in [3.63, 3.8) is 0 Å². The zero-order valence-corrected chi connectivity index (χ0v) is 10.2. The van der Waals surface area contributed by atoms with Crippen LogP contribution in [-0.4, -0.2) is 42.5 Å². The SMILES string of the molecule is CC1CN(c2ccccc2[N+](=O)[O-])CCN1C. The molecule has 17 heavy (non-hydrogen) atoms. The summed E-state index contributed by atoms with van der Waals surface area (Å²) in [6, 6.07) is 7.38. The topological polar surface area (TPSA) is 49.6 Å². The van der Waals surface area contributed by atoms with E-state index < -0.39 is 0 Å². The monoisotopic (exact) mass is 235 g/mol. The number of anilines is 1. The quantitative estimate of drug-likeness (QED) is 0.578. The van der Waals surface area contributed by atoms with Gasteiger partial charge in [-0.1, -0.05) is 12.1 Å². The third kappa shape index (κ3) is 2.39.